The van der Waals surface area contributed by atoms with Gasteiger partial charge in [-0.15, -0.1) is 0 Å². The van der Waals surface area contributed by atoms with Crippen molar-refractivity contribution in [2.75, 3.05) is 0 Å². The third kappa shape index (κ3) is 2.84. The predicted octanol–water partition coefficient (Wildman–Crippen LogP) is 4.00. The summed E-state index contributed by atoms with van der Waals surface area (Å²) >= 11 is 9.33. The van der Waals surface area contributed by atoms with E-state index in [0.29, 0.717) is 16.5 Å². The molecule has 3 aromatic rings. The van der Waals surface area contributed by atoms with E-state index in [4.69, 9.17) is 11.6 Å². The lowest BCUT2D eigenvalue weighted by molar-refractivity contribution is 0.626. The van der Waals surface area contributed by atoms with E-state index in [2.05, 4.69) is 20.9 Å². The second-order valence-corrected chi connectivity index (χ2v) is 5.90. The molecule has 0 N–H and O–H groups in total. The maximum Gasteiger partial charge on any atom is 0.261 e. The first-order valence-corrected chi connectivity index (χ1v) is 7.30. The zero-order valence-corrected chi connectivity index (χ0v) is 13.0. The van der Waals surface area contributed by atoms with Gasteiger partial charge in [0.25, 0.3) is 5.56 Å². The Morgan fingerprint density at radius 3 is 2.81 bits per heavy atom. The van der Waals surface area contributed by atoms with Gasteiger partial charge in [0.2, 0.25) is 0 Å². The summed E-state index contributed by atoms with van der Waals surface area (Å²) in [5.74, 6) is -0.405. The highest BCUT2D eigenvalue weighted by Crippen LogP contribution is 2.19. The minimum Gasteiger partial charge on any atom is -0.294 e. The van der Waals surface area contributed by atoms with Crippen LogP contribution in [0.1, 0.15) is 5.56 Å². The molecule has 0 aliphatic rings. The van der Waals surface area contributed by atoms with Crippen molar-refractivity contribution in [1.29, 1.82) is 0 Å². The fraction of sp³-hybridized carbons (Fsp3) is 0.0667. The number of halogens is 3. The van der Waals surface area contributed by atoms with Crippen LogP contribution in [0.5, 0.6) is 0 Å². The molecule has 0 unspecified atom stereocenters. The average molecular weight is 368 g/mol. The SMILES string of the molecule is O=c1c2ccc(Br)cc2ncn1Cc1ccc(F)cc1Cl. The third-order valence-corrected chi connectivity index (χ3v) is 3.99. The number of hydrogen-bond donors (Lipinski definition) is 0. The van der Waals surface area contributed by atoms with Crippen molar-refractivity contribution in [3.63, 3.8) is 0 Å². The number of aromatic nitrogens is 2. The maximum absolute atomic E-state index is 13.0. The van der Waals surface area contributed by atoms with Crippen molar-refractivity contribution < 1.29 is 4.39 Å². The average Bonchev–Trinajstić information content (AvgIpc) is 2.44. The van der Waals surface area contributed by atoms with Gasteiger partial charge in [0.05, 0.1) is 23.8 Å². The molecule has 1 heterocycles. The molecule has 0 amide bonds. The van der Waals surface area contributed by atoms with Gasteiger partial charge in [0.15, 0.2) is 0 Å². The van der Waals surface area contributed by atoms with Crippen LogP contribution >= 0.6 is 27.5 Å². The number of fused-ring (bicyclic) bond motifs is 1. The van der Waals surface area contributed by atoms with E-state index in [9.17, 15) is 9.18 Å². The molecule has 3 rings (SSSR count). The van der Waals surface area contributed by atoms with Crippen LogP contribution in [0.4, 0.5) is 4.39 Å². The minimum atomic E-state index is -0.405. The molecule has 106 valence electrons. The quantitative estimate of drug-likeness (QED) is 0.686. The van der Waals surface area contributed by atoms with E-state index in [1.807, 2.05) is 0 Å². The van der Waals surface area contributed by atoms with Crippen LogP contribution in [-0.2, 0) is 6.54 Å². The highest BCUT2D eigenvalue weighted by molar-refractivity contribution is 9.10. The first-order valence-electron chi connectivity index (χ1n) is 6.13. The Bertz CT molecular complexity index is 894. The molecule has 3 nitrogen and oxygen atoms in total. The van der Waals surface area contributed by atoms with Gasteiger partial charge in [-0.2, -0.15) is 0 Å². The Balaban J connectivity index is 2.07. The van der Waals surface area contributed by atoms with Crippen LogP contribution in [-0.4, -0.2) is 9.55 Å². The summed E-state index contributed by atoms with van der Waals surface area (Å²) in [6.45, 7) is 0.247. The predicted molar refractivity (Wildman–Crippen MR) is 84.2 cm³/mol. The molecule has 0 radical (unpaired) electrons. The summed E-state index contributed by atoms with van der Waals surface area (Å²) in [5.41, 5.74) is 1.13. The molecular formula is C15H9BrClFN2O. The summed E-state index contributed by atoms with van der Waals surface area (Å²) in [6, 6.07) is 9.41. The van der Waals surface area contributed by atoms with Crippen molar-refractivity contribution in [2.24, 2.45) is 0 Å². The second kappa shape index (κ2) is 5.58. The Morgan fingerprint density at radius 2 is 2.05 bits per heavy atom. The highest BCUT2D eigenvalue weighted by atomic mass is 79.9. The molecule has 0 spiro atoms. The second-order valence-electron chi connectivity index (χ2n) is 4.57. The molecule has 1 aromatic heterocycles. The van der Waals surface area contributed by atoms with Gasteiger partial charge in [-0.25, -0.2) is 9.37 Å². The zero-order chi connectivity index (χ0) is 15.0. The fourth-order valence-corrected chi connectivity index (χ4v) is 2.65. The Kier molecular flexibility index (Phi) is 3.78. The van der Waals surface area contributed by atoms with Crippen molar-refractivity contribution in [3.8, 4) is 0 Å². The number of nitrogens with zero attached hydrogens (tertiary/aromatic N) is 2. The van der Waals surface area contributed by atoms with Crippen LogP contribution < -0.4 is 5.56 Å². The van der Waals surface area contributed by atoms with Crippen molar-refractivity contribution in [1.82, 2.24) is 9.55 Å². The van der Waals surface area contributed by atoms with E-state index in [1.165, 1.54) is 23.0 Å². The molecule has 21 heavy (non-hydrogen) atoms. The van der Waals surface area contributed by atoms with Gasteiger partial charge in [-0.3, -0.25) is 9.36 Å². The molecule has 0 aliphatic carbocycles. The Hall–Kier alpha value is -1.72. The van der Waals surface area contributed by atoms with E-state index < -0.39 is 5.82 Å². The largest absolute Gasteiger partial charge is 0.294 e. The molecule has 2 aromatic carbocycles. The molecular weight excluding hydrogens is 359 g/mol. The Morgan fingerprint density at radius 1 is 1.24 bits per heavy atom. The van der Waals surface area contributed by atoms with E-state index >= 15 is 0 Å². The topological polar surface area (TPSA) is 34.9 Å². The maximum atomic E-state index is 13.0. The molecule has 0 saturated heterocycles. The number of hydrogen-bond acceptors (Lipinski definition) is 2. The van der Waals surface area contributed by atoms with Crippen molar-refractivity contribution in [2.45, 2.75) is 6.54 Å². The van der Waals surface area contributed by atoms with E-state index in [-0.39, 0.29) is 17.1 Å². The zero-order valence-electron chi connectivity index (χ0n) is 10.7. The smallest absolute Gasteiger partial charge is 0.261 e. The summed E-state index contributed by atoms with van der Waals surface area (Å²) in [5, 5.41) is 0.816. The van der Waals surface area contributed by atoms with Gasteiger partial charge >= 0.3 is 0 Å². The van der Waals surface area contributed by atoms with E-state index in [1.54, 1.807) is 24.3 Å². The normalized spacial score (nSPS) is 11.0. The van der Waals surface area contributed by atoms with Gasteiger partial charge in [0.1, 0.15) is 5.82 Å². The van der Waals surface area contributed by atoms with Gasteiger partial charge in [-0.1, -0.05) is 33.6 Å². The standard InChI is InChI=1S/C15H9BrClFN2O/c16-10-2-4-12-14(5-10)19-8-20(15(12)21)7-9-1-3-11(18)6-13(9)17/h1-6,8H,7H2. The van der Waals surface area contributed by atoms with Gasteiger partial charge < -0.3 is 0 Å². The first kappa shape index (κ1) is 14.2. The molecule has 0 aliphatic heterocycles. The minimum absolute atomic E-state index is 0.159. The highest BCUT2D eigenvalue weighted by Gasteiger charge is 2.08. The summed E-state index contributed by atoms with van der Waals surface area (Å²) in [7, 11) is 0. The summed E-state index contributed by atoms with van der Waals surface area (Å²) < 4.78 is 15.4. The number of benzene rings is 2. The van der Waals surface area contributed by atoms with Crippen LogP contribution in [0.3, 0.4) is 0 Å². The molecule has 0 saturated carbocycles. The molecule has 0 atom stereocenters. The lowest BCUT2D eigenvalue weighted by Gasteiger charge is -2.08. The Labute approximate surface area is 133 Å². The third-order valence-electron chi connectivity index (χ3n) is 3.14. The van der Waals surface area contributed by atoms with Gasteiger partial charge in [0, 0.05) is 9.50 Å². The molecule has 0 bridgehead atoms. The molecule has 6 heteroatoms. The lowest BCUT2D eigenvalue weighted by atomic mass is 10.2. The summed E-state index contributed by atoms with van der Waals surface area (Å²) in [6.07, 6.45) is 1.47. The van der Waals surface area contributed by atoms with Crippen molar-refractivity contribution in [3.05, 3.63) is 74.0 Å². The fourth-order valence-electron chi connectivity index (χ4n) is 2.08. The first-order chi connectivity index (χ1) is 10.0. The lowest BCUT2D eigenvalue weighted by Crippen LogP contribution is -2.21. The van der Waals surface area contributed by atoms with Crippen LogP contribution in [0, 0.1) is 5.82 Å². The number of rotatable bonds is 2. The van der Waals surface area contributed by atoms with Gasteiger partial charge in [-0.05, 0) is 35.9 Å². The van der Waals surface area contributed by atoms with Crippen molar-refractivity contribution >= 4 is 38.4 Å². The van der Waals surface area contributed by atoms with Crippen LogP contribution in [0.2, 0.25) is 5.02 Å². The monoisotopic (exact) mass is 366 g/mol. The summed E-state index contributed by atoms with van der Waals surface area (Å²) in [4.78, 5) is 16.7. The molecule has 0 fully saturated rings. The van der Waals surface area contributed by atoms with Crippen LogP contribution in [0.15, 0.2) is 52.0 Å². The van der Waals surface area contributed by atoms with E-state index in [0.717, 1.165) is 4.47 Å². The van der Waals surface area contributed by atoms with Crippen LogP contribution in [0.25, 0.3) is 10.9 Å².